The molecule has 0 saturated heterocycles. The predicted octanol–water partition coefficient (Wildman–Crippen LogP) is 3.04. The van der Waals surface area contributed by atoms with Gasteiger partial charge in [0.05, 0.1) is 4.90 Å². The predicted molar refractivity (Wildman–Crippen MR) is 93.2 cm³/mol. The van der Waals surface area contributed by atoms with Gasteiger partial charge in [0.1, 0.15) is 0 Å². The summed E-state index contributed by atoms with van der Waals surface area (Å²) in [6.07, 6.45) is 7.16. The van der Waals surface area contributed by atoms with Crippen LogP contribution in [0.1, 0.15) is 50.0 Å². The minimum absolute atomic E-state index is 0. The minimum Gasteiger partial charge on any atom is -0.320 e. The standard InChI is InChI=1S/C16H26N2O2S.ClH/c1-17-12-5-13-18-21(19,20)16-10-8-15(9-11-16)14-6-3-2-4-7-14;/h8-11,14,17-18H,2-7,12-13H2,1H3;1H. The van der Waals surface area contributed by atoms with Crippen LogP contribution in [-0.4, -0.2) is 28.6 Å². The second-order valence-electron chi connectivity index (χ2n) is 5.76. The Morgan fingerprint density at radius 1 is 1.05 bits per heavy atom. The summed E-state index contributed by atoms with van der Waals surface area (Å²) < 4.78 is 26.9. The van der Waals surface area contributed by atoms with Crippen molar-refractivity contribution in [1.82, 2.24) is 10.0 Å². The number of nitrogens with one attached hydrogen (secondary N) is 2. The second kappa shape index (κ2) is 9.50. The molecule has 6 heteroatoms. The lowest BCUT2D eigenvalue weighted by Gasteiger charge is -2.22. The summed E-state index contributed by atoms with van der Waals surface area (Å²) in [5.74, 6) is 0.610. The van der Waals surface area contributed by atoms with E-state index in [9.17, 15) is 8.42 Å². The molecule has 1 aromatic rings. The first-order valence-corrected chi connectivity index (χ1v) is 9.36. The molecule has 126 valence electrons. The molecular weight excluding hydrogens is 320 g/mol. The smallest absolute Gasteiger partial charge is 0.240 e. The number of hydrogen-bond donors (Lipinski definition) is 2. The van der Waals surface area contributed by atoms with Gasteiger partial charge < -0.3 is 5.32 Å². The maximum atomic E-state index is 12.2. The molecule has 0 heterocycles. The van der Waals surface area contributed by atoms with Crippen LogP contribution in [0.25, 0.3) is 0 Å². The number of halogens is 1. The van der Waals surface area contributed by atoms with E-state index in [1.807, 2.05) is 19.2 Å². The van der Waals surface area contributed by atoms with E-state index in [0.717, 1.165) is 13.0 Å². The lowest BCUT2D eigenvalue weighted by atomic mass is 9.84. The number of sulfonamides is 1. The second-order valence-corrected chi connectivity index (χ2v) is 7.53. The highest BCUT2D eigenvalue weighted by molar-refractivity contribution is 7.89. The Morgan fingerprint density at radius 2 is 1.68 bits per heavy atom. The third-order valence-corrected chi connectivity index (χ3v) is 5.64. The normalized spacial score (nSPS) is 16.2. The van der Waals surface area contributed by atoms with Gasteiger partial charge in [0.25, 0.3) is 0 Å². The zero-order valence-electron chi connectivity index (χ0n) is 13.2. The Hall–Kier alpha value is -0.620. The van der Waals surface area contributed by atoms with E-state index in [2.05, 4.69) is 10.0 Å². The molecule has 0 radical (unpaired) electrons. The maximum Gasteiger partial charge on any atom is 0.240 e. The van der Waals surface area contributed by atoms with E-state index in [0.29, 0.717) is 17.4 Å². The SMILES string of the molecule is CNCCCNS(=O)(=O)c1ccc(C2CCCCC2)cc1.Cl. The van der Waals surface area contributed by atoms with E-state index < -0.39 is 10.0 Å². The molecule has 2 rings (SSSR count). The van der Waals surface area contributed by atoms with E-state index in [1.54, 1.807) is 12.1 Å². The molecule has 0 unspecified atom stereocenters. The van der Waals surface area contributed by atoms with Gasteiger partial charge in [-0.2, -0.15) is 0 Å². The van der Waals surface area contributed by atoms with Crippen molar-refractivity contribution in [3.05, 3.63) is 29.8 Å². The first kappa shape index (κ1) is 19.4. The lowest BCUT2D eigenvalue weighted by molar-refractivity contribution is 0.443. The summed E-state index contributed by atoms with van der Waals surface area (Å²) in [4.78, 5) is 0.367. The highest BCUT2D eigenvalue weighted by Gasteiger charge is 2.17. The fourth-order valence-corrected chi connectivity index (χ4v) is 3.98. The first-order chi connectivity index (χ1) is 10.1. The van der Waals surface area contributed by atoms with Crippen molar-refractivity contribution in [2.24, 2.45) is 0 Å². The van der Waals surface area contributed by atoms with Crippen LogP contribution in [0, 0.1) is 0 Å². The third kappa shape index (κ3) is 5.54. The van der Waals surface area contributed by atoms with Gasteiger partial charge in [0.15, 0.2) is 0 Å². The molecule has 0 atom stereocenters. The van der Waals surface area contributed by atoms with Gasteiger partial charge in [-0.15, -0.1) is 12.4 Å². The Bertz CT molecular complexity index is 526. The number of hydrogen-bond acceptors (Lipinski definition) is 3. The van der Waals surface area contributed by atoms with Crippen LogP contribution >= 0.6 is 12.4 Å². The molecule has 0 amide bonds. The third-order valence-electron chi connectivity index (χ3n) is 4.16. The van der Waals surface area contributed by atoms with Gasteiger partial charge in [-0.25, -0.2) is 13.1 Å². The van der Waals surface area contributed by atoms with Crippen molar-refractivity contribution < 1.29 is 8.42 Å². The van der Waals surface area contributed by atoms with Crippen molar-refractivity contribution >= 4 is 22.4 Å². The van der Waals surface area contributed by atoms with Crippen LogP contribution in [0.15, 0.2) is 29.2 Å². The van der Waals surface area contributed by atoms with Gasteiger partial charge in [-0.3, -0.25) is 0 Å². The van der Waals surface area contributed by atoms with Crippen molar-refractivity contribution in [2.45, 2.75) is 49.3 Å². The Kier molecular flexibility index (Phi) is 8.39. The summed E-state index contributed by atoms with van der Waals surface area (Å²) >= 11 is 0. The molecule has 0 aromatic heterocycles. The van der Waals surface area contributed by atoms with Gasteiger partial charge in [-0.1, -0.05) is 31.4 Å². The number of benzene rings is 1. The highest BCUT2D eigenvalue weighted by atomic mass is 35.5. The molecule has 0 bridgehead atoms. The fourth-order valence-electron chi connectivity index (χ4n) is 2.91. The average molecular weight is 347 g/mol. The molecule has 0 aliphatic heterocycles. The molecule has 22 heavy (non-hydrogen) atoms. The molecule has 2 N–H and O–H groups in total. The van der Waals surface area contributed by atoms with Crippen molar-refractivity contribution in [1.29, 1.82) is 0 Å². The van der Waals surface area contributed by atoms with Gasteiger partial charge in [0, 0.05) is 6.54 Å². The summed E-state index contributed by atoms with van der Waals surface area (Å²) in [6, 6.07) is 7.45. The molecule has 1 aliphatic carbocycles. The zero-order chi connectivity index (χ0) is 15.1. The molecular formula is C16H27ClN2O2S. The quantitative estimate of drug-likeness (QED) is 0.746. The van der Waals surface area contributed by atoms with Gasteiger partial charge >= 0.3 is 0 Å². The minimum atomic E-state index is -3.37. The molecule has 1 aromatic carbocycles. The summed E-state index contributed by atoms with van der Waals surface area (Å²) in [5.41, 5.74) is 1.28. The summed E-state index contributed by atoms with van der Waals surface area (Å²) in [5, 5.41) is 3.00. The zero-order valence-corrected chi connectivity index (χ0v) is 14.8. The van der Waals surface area contributed by atoms with E-state index in [-0.39, 0.29) is 12.4 Å². The van der Waals surface area contributed by atoms with Crippen molar-refractivity contribution in [3.63, 3.8) is 0 Å². The summed E-state index contributed by atoms with van der Waals surface area (Å²) in [6.45, 7) is 1.27. The van der Waals surface area contributed by atoms with Gasteiger partial charge in [0.2, 0.25) is 10.0 Å². The van der Waals surface area contributed by atoms with Crippen LogP contribution in [-0.2, 0) is 10.0 Å². The van der Waals surface area contributed by atoms with Crippen LogP contribution in [0.4, 0.5) is 0 Å². The molecule has 0 spiro atoms. The van der Waals surface area contributed by atoms with E-state index in [1.165, 1.54) is 37.7 Å². The molecule has 1 aliphatic rings. The van der Waals surface area contributed by atoms with Gasteiger partial charge in [-0.05, 0) is 56.5 Å². The number of rotatable bonds is 7. The Balaban J connectivity index is 0.00000242. The molecule has 1 fully saturated rings. The maximum absolute atomic E-state index is 12.2. The van der Waals surface area contributed by atoms with Crippen LogP contribution < -0.4 is 10.0 Å². The Labute approximate surface area is 140 Å². The largest absolute Gasteiger partial charge is 0.320 e. The topological polar surface area (TPSA) is 58.2 Å². The van der Waals surface area contributed by atoms with Crippen molar-refractivity contribution in [2.75, 3.05) is 20.1 Å². The fraction of sp³-hybridized carbons (Fsp3) is 0.625. The van der Waals surface area contributed by atoms with E-state index in [4.69, 9.17) is 0 Å². The van der Waals surface area contributed by atoms with E-state index >= 15 is 0 Å². The van der Waals surface area contributed by atoms with Crippen LogP contribution in [0.2, 0.25) is 0 Å². The molecule has 1 saturated carbocycles. The highest BCUT2D eigenvalue weighted by Crippen LogP contribution is 2.32. The van der Waals surface area contributed by atoms with Crippen LogP contribution in [0.3, 0.4) is 0 Å². The average Bonchev–Trinajstić information content (AvgIpc) is 2.53. The summed E-state index contributed by atoms with van der Waals surface area (Å²) in [7, 11) is -1.51. The molecule has 4 nitrogen and oxygen atoms in total. The van der Waals surface area contributed by atoms with Crippen molar-refractivity contribution in [3.8, 4) is 0 Å². The van der Waals surface area contributed by atoms with Crippen LogP contribution in [0.5, 0.6) is 0 Å². The Morgan fingerprint density at radius 3 is 2.27 bits per heavy atom. The lowest BCUT2D eigenvalue weighted by Crippen LogP contribution is -2.26. The monoisotopic (exact) mass is 346 g/mol. The first-order valence-electron chi connectivity index (χ1n) is 7.88.